The molecule has 2 aromatic carbocycles. The minimum Gasteiger partial charge on any atom is -0.354 e. The van der Waals surface area contributed by atoms with Gasteiger partial charge >= 0.3 is 0 Å². The van der Waals surface area contributed by atoms with Crippen LogP contribution in [0.25, 0.3) is 6.08 Å². The van der Waals surface area contributed by atoms with Gasteiger partial charge in [-0.2, -0.15) is 0 Å². The van der Waals surface area contributed by atoms with Crippen molar-refractivity contribution in [2.24, 2.45) is 0 Å². The highest BCUT2D eigenvalue weighted by Crippen LogP contribution is 2.42. The van der Waals surface area contributed by atoms with E-state index in [1.165, 1.54) is 17.5 Å². The third-order valence-electron chi connectivity index (χ3n) is 6.12. The normalized spacial score (nSPS) is 22.0. The maximum Gasteiger partial charge on any atom is 0.261 e. The maximum absolute atomic E-state index is 13.4. The van der Waals surface area contributed by atoms with Crippen molar-refractivity contribution in [2.45, 2.75) is 50.3 Å². The number of benzene rings is 2. The Labute approximate surface area is 199 Å². The molecule has 1 saturated heterocycles. The molecule has 1 saturated carbocycles. The number of hydrogen-bond acceptors (Lipinski definition) is 3. The van der Waals surface area contributed by atoms with E-state index in [0.717, 1.165) is 31.2 Å². The van der Waals surface area contributed by atoms with Crippen molar-refractivity contribution >= 4 is 41.3 Å². The van der Waals surface area contributed by atoms with E-state index in [9.17, 15) is 9.59 Å². The number of nitrogens with one attached hydrogen (secondary N) is 1. The van der Waals surface area contributed by atoms with Gasteiger partial charge in [0.15, 0.2) is 0 Å². The Balaban J connectivity index is 1.43. The Morgan fingerprint density at radius 3 is 2.75 bits per heavy atom. The SMILES string of the molecule is Cc1cccc(CCNC(=O)CN2C(=O)/C(=C/c3ccc(Cl)cc3)SC3CCCCC32)c1. The second kappa shape index (κ2) is 10.6. The van der Waals surface area contributed by atoms with E-state index in [4.69, 9.17) is 11.6 Å². The Kier molecular flexibility index (Phi) is 7.59. The third-order valence-corrected chi connectivity index (χ3v) is 7.77. The van der Waals surface area contributed by atoms with Crippen molar-refractivity contribution in [1.29, 1.82) is 0 Å². The lowest BCUT2D eigenvalue weighted by Crippen LogP contribution is -2.54. The molecular formula is C26H29ClN2O2S. The third kappa shape index (κ3) is 5.76. The molecular weight excluding hydrogens is 440 g/mol. The van der Waals surface area contributed by atoms with Crippen LogP contribution in [0, 0.1) is 6.92 Å². The average Bonchev–Trinajstić information content (AvgIpc) is 2.78. The van der Waals surface area contributed by atoms with Gasteiger partial charge in [-0.15, -0.1) is 11.8 Å². The van der Waals surface area contributed by atoms with Crippen molar-refractivity contribution in [1.82, 2.24) is 10.2 Å². The fourth-order valence-corrected chi connectivity index (χ4v) is 6.10. The number of aryl methyl sites for hydroxylation is 1. The first-order valence-corrected chi connectivity index (χ1v) is 12.5. The summed E-state index contributed by atoms with van der Waals surface area (Å²) in [5, 5.41) is 4.03. The van der Waals surface area contributed by atoms with Crippen molar-refractivity contribution in [2.75, 3.05) is 13.1 Å². The summed E-state index contributed by atoms with van der Waals surface area (Å²) >= 11 is 7.67. The van der Waals surface area contributed by atoms with Gasteiger partial charge in [-0.25, -0.2) is 0 Å². The molecule has 1 aliphatic carbocycles. The highest BCUT2D eigenvalue weighted by molar-refractivity contribution is 8.04. The highest BCUT2D eigenvalue weighted by atomic mass is 35.5. The van der Waals surface area contributed by atoms with Crippen LogP contribution in [0.1, 0.15) is 42.4 Å². The summed E-state index contributed by atoms with van der Waals surface area (Å²) in [5.41, 5.74) is 3.37. The fraction of sp³-hybridized carbons (Fsp3) is 0.385. The number of carbonyl (C=O) groups is 2. The van der Waals surface area contributed by atoms with Gasteiger partial charge < -0.3 is 10.2 Å². The summed E-state index contributed by atoms with van der Waals surface area (Å²) in [6.45, 7) is 2.75. The van der Waals surface area contributed by atoms with Crippen LogP contribution in [-0.4, -0.2) is 41.1 Å². The van der Waals surface area contributed by atoms with E-state index in [2.05, 4.69) is 30.4 Å². The molecule has 1 heterocycles. The van der Waals surface area contributed by atoms with E-state index in [-0.39, 0.29) is 24.4 Å². The first-order chi connectivity index (χ1) is 15.5. The zero-order chi connectivity index (χ0) is 22.5. The molecule has 2 fully saturated rings. The van der Waals surface area contributed by atoms with Crippen LogP contribution < -0.4 is 5.32 Å². The lowest BCUT2D eigenvalue weighted by atomic mass is 9.93. The zero-order valence-corrected chi connectivity index (χ0v) is 19.9. The topological polar surface area (TPSA) is 49.4 Å². The molecule has 2 atom stereocenters. The van der Waals surface area contributed by atoms with E-state index in [1.807, 2.05) is 41.3 Å². The summed E-state index contributed by atoms with van der Waals surface area (Å²) in [4.78, 5) is 28.6. The standard InChI is InChI=1S/C26H29ClN2O2S/c1-18-5-4-6-19(15-18)13-14-28-25(30)17-29-22-7-2-3-8-23(22)32-24(26(29)31)16-20-9-11-21(27)12-10-20/h4-6,9-12,15-16,22-23H,2-3,7-8,13-14,17H2,1H3,(H,28,30)/b24-16-. The van der Waals surface area contributed by atoms with Crippen LogP contribution in [0.2, 0.25) is 5.02 Å². The van der Waals surface area contributed by atoms with Crippen LogP contribution in [0.3, 0.4) is 0 Å². The number of thioether (sulfide) groups is 1. The van der Waals surface area contributed by atoms with Gasteiger partial charge in [0.25, 0.3) is 5.91 Å². The molecule has 0 radical (unpaired) electrons. The molecule has 0 bridgehead atoms. The molecule has 0 aromatic heterocycles. The molecule has 168 valence electrons. The molecule has 4 nitrogen and oxygen atoms in total. The second-order valence-corrected chi connectivity index (χ2v) is 10.3. The summed E-state index contributed by atoms with van der Waals surface area (Å²) in [6, 6.07) is 15.9. The Bertz CT molecular complexity index is 1010. The molecule has 6 heteroatoms. The lowest BCUT2D eigenvalue weighted by Gasteiger charge is -2.43. The van der Waals surface area contributed by atoms with Crippen molar-refractivity contribution in [3.8, 4) is 0 Å². The van der Waals surface area contributed by atoms with Gasteiger partial charge in [-0.3, -0.25) is 9.59 Å². The largest absolute Gasteiger partial charge is 0.354 e. The summed E-state index contributed by atoms with van der Waals surface area (Å²) in [7, 11) is 0. The van der Waals surface area contributed by atoms with Crippen LogP contribution >= 0.6 is 23.4 Å². The number of nitrogens with zero attached hydrogens (tertiary/aromatic N) is 1. The average molecular weight is 469 g/mol. The van der Waals surface area contributed by atoms with Crippen LogP contribution in [-0.2, 0) is 16.0 Å². The minimum atomic E-state index is -0.0898. The summed E-state index contributed by atoms with van der Waals surface area (Å²) < 4.78 is 0. The predicted molar refractivity (Wildman–Crippen MR) is 133 cm³/mol. The van der Waals surface area contributed by atoms with E-state index in [0.29, 0.717) is 21.7 Å². The first kappa shape index (κ1) is 22.9. The van der Waals surface area contributed by atoms with Gasteiger partial charge in [-0.05, 0) is 55.5 Å². The Morgan fingerprint density at radius 2 is 1.97 bits per heavy atom. The van der Waals surface area contributed by atoms with Gasteiger partial charge in [-0.1, -0.05) is 66.4 Å². The van der Waals surface area contributed by atoms with Crippen molar-refractivity contribution < 1.29 is 9.59 Å². The molecule has 32 heavy (non-hydrogen) atoms. The zero-order valence-electron chi connectivity index (χ0n) is 18.4. The molecule has 2 aromatic rings. The molecule has 2 amide bonds. The lowest BCUT2D eigenvalue weighted by molar-refractivity contribution is -0.135. The first-order valence-electron chi connectivity index (χ1n) is 11.3. The minimum absolute atomic E-state index is 0.0399. The second-order valence-electron chi connectivity index (χ2n) is 8.59. The summed E-state index contributed by atoms with van der Waals surface area (Å²) in [6.07, 6.45) is 7.03. The smallest absolute Gasteiger partial charge is 0.261 e. The number of fused-ring (bicyclic) bond motifs is 1. The molecule has 2 unspecified atom stereocenters. The molecule has 1 aliphatic heterocycles. The van der Waals surface area contributed by atoms with E-state index >= 15 is 0 Å². The van der Waals surface area contributed by atoms with Crippen LogP contribution in [0.15, 0.2) is 53.4 Å². The Morgan fingerprint density at radius 1 is 1.19 bits per heavy atom. The predicted octanol–water partition coefficient (Wildman–Crippen LogP) is 5.23. The number of amides is 2. The van der Waals surface area contributed by atoms with Crippen LogP contribution in [0.4, 0.5) is 0 Å². The van der Waals surface area contributed by atoms with Crippen LogP contribution in [0.5, 0.6) is 0 Å². The van der Waals surface area contributed by atoms with E-state index < -0.39 is 0 Å². The quantitative estimate of drug-likeness (QED) is 0.590. The van der Waals surface area contributed by atoms with Gasteiger partial charge in [0.05, 0.1) is 4.91 Å². The van der Waals surface area contributed by atoms with Gasteiger partial charge in [0.1, 0.15) is 6.54 Å². The van der Waals surface area contributed by atoms with E-state index in [1.54, 1.807) is 11.8 Å². The monoisotopic (exact) mass is 468 g/mol. The fourth-order valence-electron chi connectivity index (χ4n) is 4.50. The van der Waals surface area contributed by atoms with Crippen molar-refractivity contribution in [3.05, 3.63) is 75.1 Å². The molecule has 2 aliphatic rings. The number of carbonyl (C=O) groups excluding carboxylic acids is 2. The summed E-state index contributed by atoms with van der Waals surface area (Å²) in [5.74, 6) is -0.130. The molecule has 1 N–H and O–H groups in total. The highest BCUT2D eigenvalue weighted by Gasteiger charge is 2.41. The number of rotatable bonds is 6. The van der Waals surface area contributed by atoms with Gasteiger partial charge in [0, 0.05) is 22.9 Å². The maximum atomic E-state index is 13.4. The number of hydrogen-bond donors (Lipinski definition) is 1. The van der Waals surface area contributed by atoms with Gasteiger partial charge in [0.2, 0.25) is 5.91 Å². The number of halogens is 1. The molecule has 4 rings (SSSR count). The van der Waals surface area contributed by atoms with Crippen molar-refractivity contribution in [3.63, 3.8) is 0 Å². The molecule has 0 spiro atoms. The Hall–Kier alpha value is -2.24.